The Balaban J connectivity index is 2.48. The van der Waals surface area contributed by atoms with Gasteiger partial charge in [0.15, 0.2) is 5.69 Å². The lowest BCUT2D eigenvalue weighted by Crippen LogP contribution is -2.15. The molecule has 0 amide bonds. The predicted molar refractivity (Wildman–Crippen MR) is 80.5 cm³/mol. The monoisotopic (exact) mass is 367 g/mol. The van der Waals surface area contributed by atoms with Crippen molar-refractivity contribution in [1.29, 1.82) is 5.26 Å². The van der Waals surface area contributed by atoms with Gasteiger partial charge in [-0.3, -0.25) is 4.72 Å². The van der Waals surface area contributed by atoms with E-state index in [0.29, 0.717) is 10.2 Å². The van der Waals surface area contributed by atoms with Crippen molar-refractivity contribution in [2.24, 2.45) is 0 Å². The standard InChI is InChI=1S/C13H10BrN3O3S/c1-20-12-5-4-9(14)7-10(12)17-21(18,19)13-3-2-6-16-11(13)8-15/h2-7,17H,1H3. The number of sulfonamides is 1. The van der Waals surface area contributed by atoms with Crippen molar-refractivity contribution in [1.82, 2.24) is 4.98 Å². The van der Waals surface area contributed by atoms with Crippen LogP contribution in [0.25, 0.3) is 0 Å². The molecule has 1 aromatic heterocycles. The molecule has 0 spiro atoms. The number of ether oxygens (including phenoxy) is 1. The van der Waals surface area contributed by atoms with Gasteiger partial charge in [0.2, 0.25) is 0 Å². The predicted octanol–water partition coefficient (Wildman–Crippen LogP) is 2.53. The van der Waals surface area contributed by atoms with Gasteiger partial charge in [-0.25, -0.2) is 13.4 Å². The van der Waals surface area contributed by atoms with Crippen molar-refractivity contribution < 1.29 is 13.2 Å². The number of halogens is 1. The molecular weight excluding hydrogens is 358 g/mol. The topological polar surface area (TPSA) is 92.1 Å². The maximum absolute atomic E-state index is 12.4. The Kier molecular flexibility index (Phi) is 4.45. The smallest absolute Gasteiger partial charge is 0.264 e. The van der Waals surface area contributed by atoms with E-state index in [4.69, 9.17) is 10.00 Å². The molecule has 21 heavy (non-hydrogen) atoms. The Hall–Kier alpha value is -2.11. The number of nitrogens with one attached hydrogen (secondary N) is 1. The summed E-state index contributed by atoms with van der Waals surface area (Å²) in [5, 5.41) is 8.96. The largest absolute Gasteiger partial charge is 0.495 e. The lowest BCUT2D eigenvalue weighted by atomic mass is 10.3. The van der Waals surface area contributed by atoms with Crippen molar-refractivity contribution in [3.8, 4) is 11.8 Å². The first-order valence-corrected chi connectivity index (χ1v) is 7.97. The number of anilines is 1. The fourth-order valence-electron chi connectivity index (χ4n) is 1.65. The second-order valence-corrected chi connectivity index (χ2v) is 6.48. The van der Waals surface area contributed by atoms with Gasteiger partial charge in [0.05, 0.1) is 12.8 Å². The summed E-state index contributed by atoms with van der Waals surface area (Å²) in [7, 11) is -2.50. The first kappa shape index (κ1) is 15.3. The zero-order valence-corrected chi connectivity index (χ0v) is 13.3. The fourth-order valence-corrected chi connectivity index (χ4v) is 3.18. The van der Waals surface area contributed by atoms with Gasteiger partial charge in [0.25, 0.3) is 10.0 Å². The highest BCUT2D eigenvalue weighted by Gasteiger charge is 2.21. The maximum atomic E-state index is 12.4. The zero-order valence-electron chi connectivity index (χ0n) is 10.9. The summed E-state index contributed by atoms with van der Waals surface area (Å²) in [6.07, 6.45) is 1.36. The van der Waals surface area contributed by atoms with E-state index in [1.165, 1.54) is 25.4 Å². The second-order valence-electron chi connectivity index (χ2n) is 3.91. The molecule has 0 aliphatic rings. The number of hydrogen-bond acceptors (Lipinski definition) is 5. The molecule has 1 N–H and O–H groups in total. The number of nitrogens with zero attached hydrogens (tertiary/aromatic N) is 2. The van der Waals surface area contributed by atoms with Gasteiger partial charge in [-0.1, -0.05) is 15.9 Å². The Labute approximate surface area is 130 Å². The van der Waals surface area contributed by atoms with Crippen LogP contribution in [0.15, 0.2) is 45.9 Å². The molecule has 0 radical (unpaired) electrons. The van der Waals surface area contributed by atoms with Crippen LogP contribution in [0.5, 0.6) is 5.75 Å². The molecule has 2 aromatic rings. The Bertz CT molecular complexity index is 816. The third kappa shape index (κ3) is 3.32. The van der Waals surface area contributed by atoms with Crippen LogP contribution >= 0.6 is 15.9 Å². The lowest BCUT2D eigenvalue weighted by molar-refractivity contribution is 0.417. The van der Waals surface area contributed by atoms with Gasteiger partial charge in [-0.2, -0.15) is 5.26 Å². The summed E-state index contributed by atoms with van der Waals surface area (Å²) >= 11 is 3.26. The van der Waals surface area contributed by atoms with E-state index >= 15 is 0 Å². The van der Waals surface area contributed by atoms with Crippen molar-refractivity contribution in [2.45, 2.75) is 4.90 Å². The fraction of sp³-hybridized carbons (Fsp3) is 0.0769. The van der Waals surface area contributed by atoms with Crippen LogP contribution in [-0.4, -0.2) is 20.5 Å². The van der Waals surface area contributed by atoms with Crippen LogP contribution < -0.4 is 9.46 Å². The molecule has 0 unspecified atom stereocenters. The summed E-state index contributed by atoms with van der Waals surface area (Å²) in [5.41, 5.74) is 0.0959. The van der Waals surface area contributed by atoms with Crippen molar-refractivity contribution >= 4 is 31.6 Å². The highest BCUT2D eigenvalue weighted by atomic mass is 79.9. The van der Waals surface area contributed by atoms with Gasteiger partial charge in [-0.15, -0.1) is 0 Å². The van der Waals surface area contributed by atoms with Crippen LogP contribution in [0.4, 0.5) is 5.69 Å². The molecule has 6 nitrogen and oxygen atoms in total. The van der Waals surface area contributed by atoms with Gasteiger partial charge in [0.1, 0.15) is 16.7 Å². The SMILES string of the molecule is COc1ccc(Br)cc1NS(=O)(=O)c1cccnc1C#N. The minimum atomic E-state index is -3.94. The molecule has 0 atom stereocenters. The van der Waals surface area contributed by atoms with Gasteiger partial charge in [0, 0.05) is 10.7 Å². The number of hydrogen-bond donors (Lipinski definition) is 1. The first-order valence-electron chi connectivity index (χ1n) is 5.69. The average Bonchev–Trinajstić information content (AvgIpc) is 2.47. The van der Waals surface area contributed by atoms with Gasteiger partial charge >= 0.3 is 0 Å². The third-order valence-corrected chi connectivity index (χ3v) is 4.46. The normalized spacial score (nSPS) is 10.7. The first-order chi connectivity index (χ1) is 9.97. The minimum Gasteiger partial charge on any atom is -0.495 e. The quantitative estimate of drug-likeness (QED) is 0.895. The van der Waals surface area contributed by atoms with Gasteiger partial charge in [-0.05, 0) is 30.3 Å². The summed E-state index contributed by atoms with van der Waals surface area (Å²) < 4.78 is 33.0. The van der Waals surface area contributed by atoms with Crippen molar-refractivity contribution in [3.05, 3.63) is 46.7 Å². The number of rotatable bonds is 4. The number of benzene rings is 1. The van der Waals surface area contributed by atoms with Gasteiger partial charge < -0.3 is 4.74 Å². The molecule has 0 aliphatic carbocycles. The lowest BCUT2D eigenvalue weighted by Gasteiger charge is -2.12. The van der Waals surface area contributed by atoms with E-state index < -0.39 is 10.0 Å². The van der Waals surface area contributed by atoms with E-state index in [-0.39, 0.29) is 16.3 Å². The molecule has 1 aromatic carbocycles. The summed E-state index contributed by atoms with van der Waals surface area (Å²) in [5.74, 6) is 0.365. The minimum absolute atomic E-state index is 0.168. The highest BCUT2D eigenvalue weighted by Crippen LogP contribution is 2.30. The molecule has 0 saturated carbocycles. The number of nitriles is 1. The van der Waals surface area contributed by atoms with E-state index in [2.05, 4.69) is 25.6 Å². The molecule has 0 bridgehead atoms. The van der Waals surface area contributed by atoms with Crippen molar-refractivity contribution in [3.63, 3.8) is 0 Å². The molecule has 1 heterocycles. The van der Waals surface area contributed by atoms with E-state index in [1.54, 1.807) is 24.3 Å². The van der Waals surface area contributed by atoms with E-state index in [1.807, 2.05) is 0 Å². The number of pyridine rings is 1. The molecule has 0 saturated heterocycles. The number of methoxy groups -OCH3 is 1. The van der Waals surface area contributed by atoms with E-state index in [9.17, 15) is 8.42 Å². The van der Waals surface area contributed by atoms with E-state index in [0.717, 1.165) is 0 Å². The van der Waals surface area contributed by atoms with Crippen LogP contribution in [0.2, 0.25) is 0 Å². The molecule has 8 heteroatoms. The molecule has 0 aliphatic heterocycles. The zero-order chi connectivity index (χ0) is 15.5. The van der Waals surface area contributed by atoms with Crippen LogP contribution in [0.1, 0.15) is 5.69 Å². The Morgan fingerprint density at radius 1 is 1.38 bits per heavy atom. The second kappa shape index (κ2) is 6.11. The maximum Gasteiger partial charge on any atom is 0.264 e. The molecule has 2 rings (SSSR count). The average molecular weight is 368 g/mol. The highest BCUT2D eigenvalue weighted by molar-refractivity contribution is 9.10. The summed E-state index contributed by atoms with van der Waals surface area (Å²) in [4.78, 5) is 3.56. The molecule has 0 fully saturated rings. The molecule has 108 valence electrons. The number of aromatic nitrogens is 1. The Morgan fingerprint density at radius 3 is 2.81 bits per heavy atom. The van der Waals surface area contributed by atoms with Crippen LogP contribution in [0.3, 0.4) is 0 Å². The Morgan fingerprint density at radius 2 is 2.14 bits per heavy atom. The summed E-state index contributed by atoms with van der Waals surface area (Å²) in [6, 6.07) is 9.44. The van der Waals surface area contributed by atoms with Crippen LogP contribution in [-0.2, 0) is 10.0 Å². The molecular formula is C13H10BrN3O3S. The third-order valence-electron chi connectivity index (χ3n) is 2.57. The van der Waals surface area contributed by atoms with Crippen LogP contribution in [0, 0.1) is 11.3 Å². The summed E-state index contributed by atoms with van der Waals surface area (Å²) in [6.45, 7) is 0. The van der Waals surface area contributed by atoms with Crippen molar-refractivity contribution in [2.75, 3.05) is 11.8 Å².